The summed E-state index contributed by atoms with van der Waals surface area (Å²) in [6, 6.07) is 14.9. The lowest BCUT2D eigenvalue weighted by molar-refractivity contribution is -0.126. The third kappa shape index (κ3) is 4.12. The van der Waals surface area contributed by atoms with Crippen LogP contribution in [-0.4, -0.2) is 35.0 Å². The standard InChI is InChI=1S/C19H19FN4O2/c1-24(2)17(13-6-4-3-5-7-13)19(25)21-12-16-22-18(23-26-16)14-8-10-15(20)11-9-14/h3-11,17H,12H2,1-2H3,(H,21,25). The zero-order valence-corrected chi connectivity index (χ0v) is 14.5. The van der Waals surface area contributed by atoms with Crippen LogP contribution in [-0.2, 0) is 11.3 Å². The summed E-state index contributed by atoms with van der Waals surface area (Å²) < 4.78 is 18.1. The monoisotopic (exact) mass is 354 g/mol. The average molecular weight is 354 g/mol. The van der Waals surface area contributed by atoms with E-state index in [1.54, 1.807) is 12.1 Å². The number of nitrogens with zero attached hydrogens (tertiary/aromatic N) is 3. The van der Waals surface area contributed by atoms with Crippen molar-refractivity contribution in [2.45, 2.75) is 12.6 Å². The summed E-state index contributed by atoms with van der Waals surface area (Å²) in [6.45, 7) is 0.115. The molecule has 1 N–H and O–H groups in total. The summed E-state index contributed by atoms with van der Waals surface area (Å²) in [5, 5.41) is 6.68. The van der Waals surface area contributed by atoms with Crippen molar-refractivity contribution in [3.8, 4) is 11.4 Å². The van der Waals surface area contributed by atoms with Crippen LogP contribution in [0.4, 0.5) is 4.39 Å². The Morgan fingerprint density at radius 2 is 1.85 bits per heavy atom. The summed E-state index contributed by atoms with van der Waals surface area (Å²) in [5.74, 6) is 0.132. The number of carbonyl (C=O) groups excluding carboxylic acids is 1. The van der Waals surface area contributed by atoms with Gasteiger partial charge in [0.2, 0.25) is 17.6 Å². The Morgan fingerprint density at radius 3 is 2.50 bits per heavy atom. The number of likely N-dealkylation sites (N-methyl/N-ethyl adjacent to an activating group) is 1. The van der Waals surface area contributed by atoms with Crippen molar-refractivity contribution in [3.63, 3.8) is 0 Å². The van der Waals surface area contributed by atoms with Gasteiger partial charge in [0.15, 0.2) is 0 Å². The molecule has 0 fully saturated rings. The maximum Gasteiger partial charge on any atom is 0.246 e. The van der Waals surface area contributed by atoms with Crippen LogP contribution >= 0.6 is 0 Å². The molecule has 6 nitrogen and oxygen atoms in total. The fraction of sp³-hybridized carbons (Fsp3) is 0.211. The van der Waals surface area contributed by atoms with Crippen molar-refractivity contribution >= 4 is 5.91 Å². The highest BCUT2D eigenvalue weighted by Crippen LogP contribution is 2.19. The van der Waals surface area contributed by atoms with Gasteiger partial charge in [-0.15, -0.1) is 0 Å². The highest BCUT2D eigenvalue weighted by atomic mass is 19.1. The number of amides is 1. The van der Waals surface area contributed by atoms with Crippen LogP contribution in [0.5, 0.6) is 0 Å². The molecule has 1 unspecified atom stereocenters. The molecule has 0 bridgehead atoms. The summed E-state index contributed by atoms with van der Waals surface area (Å²) >= 11 is 0. The molecule has 3 rings (SSSR count). The van der Waals surface area contributed by atoms with Crippen molar-refractivity contribution in [1.82, 2.24) is 20.4 Å². The molecule has 0 spiro atoms. The number of hydrogen-bond donors (Lipinski definition) is 1. The highest BCUT2D eigenvalue weighted by Gasteiger charge is 2.23. The minimum atomic E-state index is -0.421. The second kappa shape index (κ2) is 7.88. The molecule has 0 aliphatic rings. The molecule has 3 aromatic rings. The molecule has 0 saturated heterocycles. The largest absolute Gasteiger partial charge is 0.345 e. The first kappa shape index (κ1) is 17.8. The van der Waals surface area contributed by atoms with Crippen molar-refractivity contribution in [1.29, 1.82) is 0 Å². The Hall–Kier alpha value is -3.06. The molecule has 0 radical (unpaired) electrons. The maximum absolute atomic E-state index is 13.0. The second-order valence-corrected chi connectivity index (χ2v) is 6.01. The summed E-state index contributed by atoms with van der Waals surface area (Å²) in [6.07, 6.45) is 0. The molecule has 0 saturated carbocycles. The van der Waals surface area contributed by atoms with Crippen LogP contribution in [0.3, 0.4) is 0 Å². The smallest absolute Gasteiger partial charge is 0.246 e. The van der Waals surface area contributed by atoms with E-state index in [4.69, 9.17) is 4.52 Å². The normalized spacial score (nSPS) is 12.2. The van der Waals surface area contributed by atoms with E-state index in [9.17, 15) is 9.18 Å². The Kier molecular flexibility index (Phi) is 5.38. The lowest BCUT2D eigenvalue weighted by Crippen LogP contribution is -2.36. The molecular formula is C19H19FN4O2. The first-order valence-electron chi connectivity index (χ1n) is 8.12. The Morgan fingerprint density at radius 1 is 1.15 bits per heavy atom. The van der Waals surface area contributed by atoms with E-state index in [0.29, 0.717) is 11.4 Å². The number of aromatic nitrogens is 2. The lowest BCUT2D eigenvalue weighted by Gasteiger charge is -2.23. The molecule has 0 aliphatic carbocycles. The Bertz CT molecular complexity index is 863. The zero-order chi connectivity index (χ0) is 18.5. The molecule has 0 aliphatic heterocycles. The SMILES string of the molecule is CN(C)C(C(=O)NCc1nc(-c2ccc(F)cc2)no1)c1ccccc1. The van der Waals surface area contributed by atoms with Gasteiger partial charge in [-0.3, -0.25) is 9.69 Å². The van der Waals surface area contributed by atoms with E-state index in [2.05, 4.69) is 15.5 Å². The molecule has 1 heterocycles. The number of halogens is 1. The number of carbonyl (C=O) groups is 1. The van der Waals surface area contributed by atoms with Gasteiger partial charge in [-0.05, 0) is 43.9 Å². The molecule has 1 aromatic heterocycles. The molecule has 1 amide bonds. The quantitative estimate of drug-likeness (QED) is 0.737. The molecule has 1 atom stereocenters. The van der Waals surface area contributed by atoms with Gasteiger partial charge in [0.25, 0.3) is 0 Å². The first-order chi connectivity index (χ1) is 12.5. The molecule has 7 heteroatoms. The second-order valence-electron chi connectivity index (χ2n) is 6.01. The van der Waals surface area contributed by atoms with Gasteiger partial charge >= 0.3 is 0 Å². The summed E-state index contributed by atoms with van der Waals surface area (Å²) in [4.78, 5) is 18.7. The third-order valence-electron chi connectivity index (χ3n) is 3.86. The van der Waals surface area contributed by atoms with Gasteiger partial charge in [0, 0.05) is 5.56 Å². The van der Waals surface area contributed by atoms with Crippen LogP contribution in [0.25, 0.3) is 11.4 Å². The van der Waals surface area contributed by atoms with Crippen molar-refractivity contribution in [2.24, 2.45) is 0 Å². The Balaban J connectivity index is 1.66. The number of hydrogen-bond acceptors (Lipinski definition) is 5. The Labute approximate surface area is 150 Å². The van der Waals surface area contributed by atoms with E-state index in [1.165, 1.54) is 12.1 Å². The van der Waals surface area contributed by atoms with Crippen LogP contribution in [0.2, 0.25) is 0 Å². The number of rotatable bonds is 6. The van der Waals surface area contributed by atoms with E-state index < -0.39 is 6.04 Å². The van der Waals surface area contributed by atoms with Crippen LogP contribution in [0.1, 0.15) is 17.5 Å². The third-order valence-corrected chi connectivity index (χ3v) is 3.86. The van der Waals surface area contributed by atoms with Gasteiger partial charge in [-0.1, -0.05) is 35.5 Å². The van der Waals surface area contributed by atoms with E-state index >= 15 is 0 Å². The van der Waals surface area contributed by atoms with Gasteiger partial charge in [-0.25, -0.2) is 4.39 Å². The minimum absolute atomic E-state index is 0.115. The fourth-order valence-electron chi connectivity index (χ4n) is 2.62. The van der Waals surface area contributed by atoms with Gasteiger partial charge < -0.3 is 9.84 Å². The maximum atomic E-state index is 13.0. The molecule has 134 valence electrons. The molecular weight excluding hydrogens is 335 g/mol. The van der Waals surface area contributed by atoms with E-state index in [1.807, 2.05) is 49.3 Å². The van der Waals surface area contributed by atoms with Crippen LogP contribution in [0, 0.1) is 5.82 Å². The predicted molar refractivity (Wildman–Crippen MR) is 94.4 cm³/mol. The van der Waals surface area contributed by atoms with E-state index in [-0.39, 0.29) is 24.2 Å². The van der Waals surface area contributed by atoms with Gasteiger partial charge in [-0.2, -0.15) is 4.98 Å². The van der Waals surface area contributed by atoms with Crippen molar-refractivity contribution in [2.75, 3.05) is 14.1 Å². The number of nitrogens with one attached hydrogen (secondary N) is 1. The minimum Gasteiger partial charge on any atom is -0.345 e. The summed E-state index contributed by atoms with van der Waals surface area (Å²) in [7, 11) is 3.69. The van der Waals surface area contributed by atoms with Gasteiger partial charge in [0.05, 0.1) is 6.54 Å². The van der Waals surface area contributed by atoms with Crippen LogP contribution < -0.4 is 5.32 Å². The topological polar surface area (TPSA) is 71.3 Å². The van der Waals surface area contributed by atoms with E-state index in [0.717, 1.165) is 5.56 Å². The fourth-order valence-corrected chi connectivity index (χ4v) is 2.62. The van der Waals surface area contributed by atoms with Crippen LogP contribution in [0.15, 0.2) is 59.1 Å². The number of benzene rings is 2. The first-order valence-corrected chi connectivity index (χ1v) is 8.12. The van der Waals surface area contributed by atoms with Gasteiger partial charge in [0.1, 0.15) is 11.9 Å². The van der Waals surface area contributed by atoms with Crippen molar-refractivity contribution in [3.05, 3.63) is 71.9 Å². The molecule has 26 heavy (non-hydrogen) atoms. The average Bonchev–Trinajstić information content (AvgIpc) is 3.10. The summed E-state index contributed by atoms with van der Waals surface area (Å²) in [5.41, 5.74) is 1.54. The highest BCUT2D eigenvalue weighted by molar-refractivity contribution is 5.83. The molecule has 2 aromatic carbocycles. The van der Waals surface area contributed by atoms with Crippen molar-refractivity contribution < 1.29 is 13.7 Å². The zero-order valence-electron chi connectivity index (χ0n) is 14.5. The predicted octanol–water partition coefficient (Wildman–Crippen LogP) is 2.79. The lowest BCUT2D eigenvalue weighted by atomic mass is 10.1.